The summed E-state index contributed by atoms with van der Waals surface area (Å²) in [4.78, 5) is 26.0. The molecule has 1 amide bonds. The number of aliphatic hydroxyl groups is 1. The molecule has 23 heavy (non-hydrogen) atoms. The summed E-state index contributed by atoms with van der Waals surface area (Å²) >= 11 is 3.38. The van der Waals surface area contributed by atoms with Crippen molar-refractivity contribution in [2.75, 3.05) is 13.2 Å². The molecule has 2 atom stereocenters. The second kappa shape index (κ2) is 6.45. The summed E-state index contributed by atoms with van der Waals surface area (Å²) in [6.45, 7) is 2.44. The van der Waals surface area contributed by atoms with Gasteiger partial charge in [-0.15, -0.1) is 0 Å². The van der Waals surface area contributed by atoms with Crippen LogP contribution in [0, 0.1) is 0 Å². The number of ketones is 1. The monoisotopic (exact) mass is 379 g/mol. The van der Waals surface area contributed by atoms with Gasteiger partial charge in [0.05, 0.1) is 17.7 Å². The lowest BCUT2D eigenvalue weighted by Crippen LogP contribution is -2.37. The number of ether oxygens (including phenoxy) is 1. The van der Waals surface area contributed by atoms with Gasteiger partial charge in [-0.3, -0.25) is 9.59 Å². The summed E-state index contributed by atoms with van der Waals surface area (Å²) < 4.78 is 6.52. The molecule has 1 saturated heterocycles. The Labute approximate surface area is 143 Å². The van der Waals surface area contributed by atoms with Crippen molar-refractivity contribution < 1.29 is 19.4 Å². The Morgan fingerprint density at radius 1 is 1.39 bits per heavy atom. The molecule has 0 aromatic heterocycles. The number of hydrogen-bond donors (Lipinski definition) is 1. The Balaban J connectivity index is 1.98. The average molecular weight is 380 g/mol. The van der Waals surface area contributed by atoms with E-state index in [-0.39, 0.29) is 17.5 Å². The third-order valence-corrected chi connectivity index (χ3v) is 4.82. The van der Waals surface area contributed by atoms with Gasteiger partial charge in [0.1, 0.15) is 0 Å². The maximum absolute atomic E-state index is 12.5. The Morgan fingerprint density at radius 3 is 2.65 bits per heavy atom. The van der Waals surface area contributed by atoms with Crippen LogP contribution in [-0.2, 0) is 14.3 Å². The van der Waals surface area contributed by atoms with E-state index in [1.807, 2.05) is 24.3 Å². The van der Waals surface area contributed by atoms with Crippen LogP contribution in [-0.4, -0.2) is 41.0 Å². The fourth-order valence-electron chi connectivity index (χ4n) is 3.20. The fourth-order valence-corrected chi connectivity index (χ4v) is 3.47. The van der Waals surface area contributed by atoms with Crippen LogP contribution in [0.3, 0.4) is 0 Å². The molecule has 6 heteroatoms. The predicted octanol–water partition coefficient (Wildman–Crippen LogP) is 2.91. The average Bonchev–Trinajstić information content (AvgIpc) is 3.10. The van der Waals surface area contributed by atoms with Crippen molar-refractivity contribution in [1.29, 1.82) is 0 Å². The molecule has 0 aliphatic carbocycles. The minimum absolute atomic E-state index is 0.0454. The summed E-state index contributed by atoms with van der Waals surface area (Å²) in [7, 11) is 0. The molecule has 2 aliphatic rings. The smallest absolute Gasteiger partial charge is 0.290 e. The van der Waals surface area contributed by atoms with Gasteiger partial charge in [-0.05, 0) is 37.5 Å². The van der Waals surface area contributed by atoms with Crippen molar-refractivity contribution in [1.82, 2.24) is 4.90 Å². The van der Waals surface area contributed by atoms with Crippen LogP contribution in [0.15, 0.2) is 40.1 Å². The van der Waals surface area contributed by atoms with E-state index >= 15 is 0 Å². The number of hydrogen-bond acceptors (Lipinski definition) is 4. The summed E-state index contributed by atoms with van der Waals surface area (Å²) in [6, 6.07) is 6.87. The van der Waals surface area contributed by atoms with Crippen molar-refractivity contribution in [2.45, 2.75) is 31.9 Å². The van der Waals surface area contributed by atoms with Crippen LogP contribution < -0.4 is 0 Å². The molecule has 0 unspecified atom stereocenters. The van der Waals surface area contributed by atoms with E-state index < -0.39 is 17.7 Å². The van der Waals surface area contributed by atoms with Crippen molar-refractivity contribution in [3.05, 3.63) is 45.6 Å². The molecule has 1 N–H and O–H groups in total. The third kappa shape index (κ3) is 3.05. The van der Waals surface area contributed by atoms with Crippen LogP contribution in [0.25, 0.3) is 0 Å². The van der Waals surface area contributed by atoms with E-state index in [0.29, 0.717) is 13.2 Å². The van der Waals surface area contributed by atoms with Gasteiger partial charge in [-0.2, -0.15) is 0 Å². The number of benzene rings is 1. The quantitative estimate of drug-likeness (QED) is 0.873. The first kappa shape index (κ1) is 16.2. The van der Waals surface area contributed by atoms with E-state index in [9.17, 15) is 14.7 Å². The zero-order valence-electron chi connectivity index (χ0n) is 12.8. The predicted molar refractivity (Wildman–Crippen MR) is 87.9 cm³/mol. The van der Waals surface area contributed by atoms with Crippen molar-refractivity contribution in [2.24, 2.45) is 0 Å². The molecule has 5 nitrogen and oxygen atoms in total. The highest BCUT2D eigenvalue weighted by Gasteiger charge is 2.43. The number of Topliss-reactive ketones (excluding diaryl/α,β-unsaturated/α-hetero) is 1. The lowest BCUT2D eigenvalue weighted by Gasteiger charge is -2.28. The molecule has 0 bridgehead atoms. The summed E-state index contributed by atoms with van der Waals surface area (Å²) in [5.41, 5.74) is 0.962. The molecule has 0 saturated carbocycles. The number of aliphatic hydroxyl groups excluding tert-OH is 1. The maximum atomic E-state index is 12.5. The van der Waals surface area contributed by atoms with Gasteiger partial charge in [0.2, 0.25) is 0 Å². The normalized spacial score (nSPS) is 24.6. The van der Waals surface area contributed by atoms with E-state index in [4.69, 9.17) is 4.74 Å². The minimum atomic E-state index is -0.558. The molecular formula is C17H18BrNO4. The number of halogens is 1. The van der Waals surface area contributed by atoms with Crippen LogP contribution >= 0.6 is 15.9 Å². The molecule has 1 aromatic rings. The highest BCUT2D eigenvalue weighted by atomic mass is 79.9. The van der Waals surface area contributed by atoms with Gasteiger partial charge in [-0.25, -0.2) is 0 Å². The first-order valence-corrected chi connectivity index (χ1v) is 8.40. The van der Waals surface area contributed by atoms with Crippen molar-refractivity contribution in [3.63, 3.8) is 0 Å². The minimum Gasteiger partial charge on any atom is -0.503 e. The second-order valence-corrected chi connectivity index (χ2v) is 6.78. The number of carbonyl (C=O) groups excluding carboxylic acids is 2. The Bertz CT molecular complexity index is 662. The van der Waals surface area contributed by atoms with Crippen molar-refractivity contribution >= 4 is 27.6 Å². The molecule has 2 aliphatic heterocycles. The first-order chi connectivity index (χ1) is 11.0. The summed E-state index contributed by atoms with van der Waals surface area (Å²) in [5.74, 6) is -1.24. The van der Waals surface area contributed by atoms with E-state index in [1.165, 1.54) is 6.92 Å². The highest BCUT2D eigenvalue weighted by Crippen LogP contribution is 2.38. The molecule has 0 spiro atoms. The zero-order chi connectivity index (χ0) is 16.6. The highest BCUT2D eigenvalue weighted by molar-refractivity contribution is 9.10. The van der Waals surface area contributed by atoms with E-state index in [0.717, 1.165) is 22.9 Å². The van der Waals surface area contributed by atoms with E-state index in [2.05, 4.69) is 15.9 Å². The number of amides is 1. The fraction of sp³-hybridized carbons (Fsp3) is 0.412. The van der Waals surface area contributed by atoms with Gasteiger partial charge in [0.15, 0.2) is 11.5 Å². The van der Waals surface area contributed by atoms with Crippen LogP contribution in [0.1, 0.15) is 31.4 Å². The van der Waals surface area contributed by atoms with Gasteiger partial charge >= 0.3 is 0 Å². The lowest BCUT2D eigenvalue weighted by atomic mass is 9.96. The third-order valence-electron chi connectivity index (χ3n) is 4.29. The second-order valence-electron chi connectivity index (χ2n) is 5.87. The zero-order valence-corrected chi connectivity index (χ0v) is 14.4. The molecule has 3 rings (SSSR count). The molecule has 1 aromatic carbocycles. The number of rotatable bonds is 4. The standard InChI is InChI=1S/C17H18BrNO4/c1-10(20)14-15(11-4-6-12(18)7-5-11)19(17(22)16(14)21)9-13-3-2-8-23-13/h4-7,13,15,21H,2-3,8-9H2,1H3/t13-,15+/m0/s1. The largest absolute Gasteiger partial charge is 0.503 e. The van der Waals surface area contributed by atoms with Crippen LogP contribution in [0.2, 0.25) is 0 Å². The lowest BCUT2D eigenvalue weighted by molar-refractivity contribution is -0.131. The van der Waals surface area contributed by atoms with Gasteiger partial charge in [0, 0.05) is 17.6 Å². The van der Waals surface area contributed by atoms with Crippen LogP contribution in [0.5, 0.6) is 0 Å². The molecular weight excluding hydrogens is 362 g/mol. The number of carbonyl (C=O) groups is 2. The Hall–Kier alpha value is -1.66. The molecule has 122 valence electrons. The summed E-state index contributed by atoms with van der Waals surface area (Å²) in [6.07, 6.45) is 1.80. The van der Waals surface area contributed by atoms with E-state index in [1.54, 1.807) is 4.90 Å². The first-order valence-electron chi connectivity index (χ1n) is 7.61. The topological polar surface area (TPSA) is 66.8 Å². The molecule has 0 radical (unpaired) electrons. The van der Waals surface area contributed by atoms with Gasteiger partial charge in [-0.1, -0.05) is 28.1 Å². The van der Waals surface area contributed by atoms with Crippen molar-refractivity contribution in [3.8, 4) is 0 Å². The number of nitrogens with zero attached hydrogens (tertiary/aromatic N) is 1. The maximum Gasteiger partial charge on any atom is 0.290 e. The van der Waals surface area contributed by atoms with Crippen LogP contribution in [0.4, 0.5) is 0 Å². The van der Waals surface area contributed by atoms with Gasteiger partial charge in [0.25, 0.3) is 5.91 Å². The molecule has 2 heterocycles. The Morgan fingerprint density at radius 2 is 2.09 bits per heavy atom. The summed E-state index contributed by atoms with van der Waals surface area (Å²) in [5, 5.41) is 10.2. The van der Waals surface area contributed by atoms with Gasteiger partial charge < -0.3 is 14.7 Å². The Kier molecular flexibility index (Phi) is 4.55. The SMILES string of the molecule is CC(=O)C1=C(O)C(=O)N(C[C@@H]2CCCO2)[C@@H]1c1ccc(Br)cc1. The molecule has 1 fully saturated rings.